The summed E-state index contributed by atoms with van der Waals surface area (Å²) in [6.45, 7) is 2.10. The highest BCUT2D eigenvalue weighted by molar-refractivity contribution is 5.82. The second-order valence-corrected chi connectivity index (χ2v) is 5.88. The molecular formula is C19H20O. The minimum atomic E-state index is -0.121. The quantitative estimate of drug-likeness (QED) is 0.784. The average Bonchev–Trinajstić information content (AvgIpc) is 2.49. The summed E-state index contributed by atoms with van der Waals surface area (Å²) in [4.78, 5) is 12.1. The molecule has 0 radical (unpaired) electrons. The Bertz CT molecular complexity index is 597. The van der Waals surface area contributed by atoms with Crippen LogP contribution in [-0.2, 0) is 10.2 Å². The van der Waals surface area contributed by atoms with Crippen molar-refractivity contribution in [1.82, 2.24) is 0 Å². The van der Waals surface area contributed by atoms with Gasteiger partial charge in [-0.25, -0.2) is 0 Å². The maximum Gasteiger partial charge on any atom is 0.134 e. The van der Waals surface area contributed by atoms with Gasteiger partial charge in [-0.05, 0) is 30.9 Å². The first kappa shape index (κ1) is 13.1. The van der Waals surface area contributed by atoms with Crippen LogP contribution in [0, 0.1) is 6.92 Å². The Labute approximate surface area is 120 Å². The first-order valence-corrected chi connectivity index (χ1v) is 7.35. The molecule has 1 saturated carbocycles. The number of rotatable bonds is 2. The molecule has 0 saturated heterocycles. The Morgan fingerprint density at radius 1 is 0.900 bits per heavy atom. The van der Waals surface area contributed by atoms with Crippen molar-refractivity contribution < 1.29 is 4.79 Å². The molecule has 2 aromatic carbocycles. The number of aryl methyl sites for hydroxylation is 1. The highest BCUT2D eigenvalue weighted by Gasteiger charge is 2.38. The first-order valence-electron chi connectivity index (χ1n) is 7.35. The van der Waals surface area contributed by atoms with Crippen molar-refractivity contribution in [2.75, 3.05) is 0 Å². The van der Waals surface area contributed by atoms with Gasteiger partial charge in [-0.2, -0.15) is 0 Å². The third-order valence-electron chi connectivity index (χ3n) is 4.49. The summed E-state index contributed by atoms with van der Waals surface area (Å²) in [5.41, 5.74) is 3.70. The lowest BCUT2D eigenvalue weighted by atomic mass is 9.65. The van der Waals surface area contributed by atoms with Gasteiger partial charge in [0.05, 0.1) is 0 Å². The van der Waals surface area contributed by atoms with Crippen molar-refractivity contribution in [3.63, 3.8) is 0 Å². The monoisotopic (exact) mass is 264 g/mol. The molecule has 0 amide bonds. The third-order valence-corrected chi connectivity index (χ3v) is 4.49. The van der Waals surface area contributed by atoms with Gasteiger partial charge in [-0.15, -0.1) is 0 Å². The molecule has 1 nitrogen and oxygen atoms in total. The van der Waals surface area contributed by atoms with E-state index in [0.717, 1.165) is 19.3 Å². The second kappa shape index (κ2) is 5.24. The van der Waals surface area contributed by atoms with Gasteiger partial charge in [0.2, 0.25) is 0 Å². The van der Waals surface area contributed by atoms with E-state index in [9.17, 15) is 4.79 Å². The fourth-order valence-electron chi connectivity index (χ4n) is 3.39. The number of hydrogen-bond donors (Lipinski definition) is 0. The third kappa shape index (κ3) is 2.29. The largest absolute Gasteiger partial charge is 0.300 e. The van der Waals surface area contributed by atoms with E-state index in [1.54, 1.807) is 0 Å². The smallest absolute Gasteiger partial charge is 0.134 e. The number of hydrogen-bond acceptors (Lipinski definition) is 1. The van der Waals surface area contributed by atoms with Gasteiger partial charge in [-0.1, -0.05) is 60.2 Å². The van der Waals surface area contributed by atoms with E-state index in [2.05, 4.69) is 55.5 Å². The maximum absolute atomic E-state index is 12.1. The summed E-state index contributed by atoms with van der Waals surface area (Å²) < 4.78 is 0. The minimum absolute atomic E-state index is 0.121. The van der Waals surface area contributed by atoms with Crippen LogP contribution in [0.1, 0.15) is 42.4 Å². The zero-order valence-electron chi connectivity index (χ0n) is 11.9. The zero-order valence-corrected chi connectivity index (χ0v) is 11.9. The van der Waals surface area contributed by atoms with Gasteiger partial charge in [0.15, 0.2) is 0 Å². The number of ketones is 1. The van der Waals surface area contributed by atoms with Gasteiger partial charge in [0, 0.05) is 18.3 Å². The second-order valence-electron chi connectivity index (χ2n) is 5.88. The molecule has 1 fully saturated rings. The normalized spacial score (nSPS) is 22.8. The lowest BCUT2D eigenvalue weighted by Crippen LogP contribution is -2.34. The van der Waals surface area contributed by atoms with Crippen molar-refractivity contribution in [2.24, 2.45) is 0 Å². The summed E-state index contributed by atoms with van der Waals surface area (Å²) in [6, 6.07) is 19.2. The summed E-state index contributed by atoms with van der Waals surface area (Å²) in [6.07, 6.45) is 3.42. The minimum Gasteiger partial charge on any atom is -0.300 e. The summed E-state index contributed by atoms with van der Waals surface area (Å²) in [5.74, 6) is 0.390. The predicted molar refractivity (Wildman–Crippen MR) is 81.9 cm³/mol. The Kier molecular flexibility index (Phi) is 3.43. The van der Waals surface area contributed by atoms with Crippen LogP contribution < -0.4 is 0 Å². The van der Waals surface area contributed by atoms with Crippen LogP contribution in [0.3, 0.4) is 0 Å². The van der Waals surface area contributed by atoms with Crippen molar-refractivity contribution in [3.05, 3.63) is 71.3 Å². The van der Waals surface area contributed by atoms with Crippen molar-refractivity contribution in [2.45, 2.75) is 38.0 Å². The number of Topliss-reactive ketones (excluding diaryl/α,β-unsaturated/α-hetero) is 1. The predicted octanol–water partition coefficient (Wildman–Crippen LogP) is 4.42. The molecule has 0 heterocycles. The van der Waals surface area contributed by atoms with E-state index in [-0.39, 0.29) is 5.41 Å². The van der Waals surface area contributed by atoms with Crippen molar-refractivity contribution in [3.8, 4) is 0 Å². The van der Waals surface area contributed by atoms with Gasteiger partial charge >= 0.3 is 0 Å². The van der Waals surface area contributed by atoms with Crippen LogP contribution in [0.25, 0.3) is 0 Å². The number of carbonyl (C=O) groups is 1. The fourth-order valence-corrected chi connectivity index (χ4v) is 3.39. The van der Waals surface area contributed by atoms with Crippen LogP contribution in [0.5, 0.6) is 0 Å². The van der Waals surface area contributed by atoms with Crippen LogP contribution >= 0.6 is 0 Å². The topological polar surface area (TPSA) is 17.1 Å². The van der Waals surface area contributed by atoms with Crippen LogP contribution in [-0.4, -0.2) is 5.78 Å². The van der Waals surface area contributed by atoms with Gasteiger partial charge in [0.25, 0.3) is 0 Å². The molecule has 0 spiro atoms. The van der Waals surface area contributed by atoms with E-state index < -0.39 is 0 Å². The van der Waals surface area contributed by atoms with E-state index in [0.29, 0.717) is 12.2 Å². The molecule has 3 rings (SSSR count). The van der Waals surface area contributed by atoms with E-state index in [1.165, 1.54) is 16.7 Å². The molecule has 1 atom stereocenters. The van der Waals surface area contributed by atoms with Crippen LogP contribution in [0.4, 0.5) is 0 Å². The van der Waals surface area contributed by atoms with E-state index >= 15 is 0 Å². The van der Waals surface area contributed by atoms with Crippen LogP contribution in [0.2, 0.25) is 0 Å². The highest BCUT2D eigenvalue weighted by Crippen LogP contribution is 2.43. The van der Waals surface area contributed by atoms with Gasteiger partial charge in [0.1, 0.15) is 5.78 Å². The Morgan fingerprint density at radius 3 is 2.20 bits per heavy atom. The molecule has 20 heavy (non-hydrogen) atoms. The summed E-state index contributed by atoms with van der Waals surface area (Å²) in [5, 5.41) is 0. The van der Waals surface area contributed by atoms with E-state index in [1.807, 2.05) is 6.07 Å². The average molecular weight is 264 g/mol. The highest BCUT2D eigenvalue weighted by atomic mass is 16.1. The molecule has 1 heteroatoms. The summed E-state index contributed by atoms with van der Waals surface area (Å²) in [7, 11) is 0. The fraction of sp³-hybridized carbons (Fsp3) is 0.316. The lowest BCUT2D eigenvalue weighted by molar-refractivity contribution is -0.121. The van der Waals surface area contributed by atoms with Gasteiger partial charge in [-0.3, -0.25) is 4.79 Å². The standard InChI is InChI=1S/C19H20O/c1-15-9-11-17(12-10-15)19(13-5-8-18(20)14-19)16-6-3-2-4-7-16/h2-4,6-7,9-12H,5,8,13-14H2,1H3/t19-/m0/s1. The Morgan fingerprint density at radius 2 is 1.55 bits per heavy atom. The molecule has 1 aliphatic carbocycles. The van der Waals surface area contributed by atoms with Gasteiger partial charge < -0.3 is 0 Å². The molecule has 2 aromatic rings. The lowest BCUT2D eigenvalue weighted by Gasteiger charge is -2.38. The van der Waals surface area contributed by atoms with E-state index in [4.69, 9.17) is 0 Å². The molecule has 0 aliphatic heterocycles. The molecule has 1 aliphatic rings. The van der Waals surface area contributed by atoms with Crippen molar-refractivity contribution >= 4 is 5.78 Å². The molecule has 0 unspecified atom stereocenters. The summed E-state index contributed by atoms with van der Waals surface area (Å²) >= 11 is 0. The molecule has 0 aromatic heterocycles. The number of benzene rings is 2. The Balaban J connectivity index is 2.12. The Hall–Kier alpha value is -1.89. The van der Waals surface area contributed by atoms with Crippen LogP contribution in [0.15, 0.2) is 54.6 Å². The molecular weight excluding hydrogens is 244 g/mol. The molecule has 0 N–H and O–H groups in total. The molecule has 102 valence electrons. The number of carbonyl (C=O) groups excluding carboxylic acids is 1. The maximum atomic E-state index is 12.1. The molecule has 0 bridgehead atoms. The van der Waals surface area contributed by atoms with Crippen molar-refractivity contribution in [1.29, 1.82) is 0 Å². The first-order chi connectivity index (χ1) is 9.71. The zero-order chi connectivity index (χ0) is 14.0. The SMILES string of the molecule is Cc1ccc([C@@]2(c3ccccc3)CCCC(=O)C2)cc1.